The number of halogens is 2. The van der Waals surface area contributed by atoms with Crippen LogP contribution in [-0.4, -0.2) is 11.7 Å². The Morgan fingerprint density at radius 1 is 1.12 bits per heavy atom. The Bertz CT molecular complexity index is 756. The first kappa shape index (κ1) is 18.5. The van der Waals surface area contributed by atoms with Crippen LogP contribution < -0.4 is 15.8 Å². The van der Waals surface area contributed by atoms with E-state index in [1.54, 1.807) is 32.9 Å². The van der Waals surface area contributed by atoms with Gasteiger partial charge in [-0.25, -0.2) is 13.6 Å². The van der Waals surface area contributed by atoms with Gasteiger partial charge >= 0.3 is 6.09 Å². The molecule has 0 aliphatic rings. The number of benzene rings is 2. The van der Waals surface area contributed by atoms with Crippen molar-refractivity contribution in [2.24, 2.45) is 0 Å². The van der Waals surface area contributed by atoms with Crippen molar-refractivity contribution in [3.8, 4) is 11.5 Å². The van der Waals surface area contributed by atoms with Gasteiger partial charge in [-0.3, -0.25) is 0 Å². The maximum atomic E-state index is 14.5. The molecule has 1 amide bonds. The van der Waals surface area contributed by atoms with Crippen LogP contribution in [0.2, 0.25) is 0 Å². The summed E-state index contributed by atoms with van der Waals surface area (Å²) < 4.78 is 38.8. The molecule has 0 heterocycles. The molecule has 0 aliphatic heterocycles. The van der Waals surface area contributed by atoms with E-state index in [2.05, 4.69) is 5.32 Å². The molecular weight excluding hydrogens is 330 g/mol. The third-order valence-corrected chi connectivity index (χ3v) is 3.05. The third kappa shape index (κ3) is 5.34. The van der Waals surface area contributed by atoms with Crippen molar-refractivity contribution in [1.82, 2.24) is 5.32 Å². The van der Waals surface area contributed by atoms with Gasteiger partial charge in [0.05, 0.1) is 0 Å². The number of carbonyl (C=O) groups excluding carboxylic acids is 1. The van der Waals surface area contributed by atoms with E-state index in [1.165, 1.54) is 18.2 Å². The van der Waals surface area contributed by atoms with Gasteiger partial charge in [0, 0.05) is 17.8 Å². The largest absolute Gasteiger partial charge is 0.451 e. The lowest BCUT2D eigenvalue weighted by molar-refractivity contribution is 0.0523. The molecule has 0 spiro atoms. The molecule has 0 saturated carbocycles. The molecule has 0 unspecified atom stereocenters. The number of carbonyl (C=O) groups is 1. The van der Waals surface area contributed by atoms with E-state index in [0.29, 0.717) is 5.69 Å². The van der Waals surface area contributed by atoms with Gasteiger partial charge in [0.25, 0.3) is 0 Å². The van der Waals surface area contributed by atoms with Gasteiger partial charge in [0.15, 0.2) is 17.4 Å². The van der Waals surface area contributed by atoms with Crippen LogP contribution in [0, 0.1) is 11.6 Å². The Balaban J connectivity index is 2.13. The Kier molecular flexibility index (Phi) is 5.46. The highest BCUT2D eigenvalue weighted by molar-refractivity contribution is 5.67. The van der Waals surface area contributed by atoms with E-state index in [-0.39, 0.29) is 17.9 Å². The summed E-state index contributed by atoms with van der Waals surface area (Å²) in [6.45, 7) is 4.97. The predicted molar refractivity (Wildman–Crippen MR) is 90.4 cm³/mol. The molecule has 134 valence electrons. The van der Waals surface area contributed by atoms with Gasteiger partial charge < -0.3 is 20.5 Å². The zero-order valence-corrected chi connectivity index (χ0v) is 14.2. The smallest absolute Gasteiger partial charge is 0.407 e. The van der Waals surface area contributed by atoms with Gasteiger partial charge in [0.1, 0.15) is 11.4 Å². The van der Waals surface area contributed by atoms with Crippen LogP contribution in [0.25, 0.3) is 0 Å². The van der Waals surface area contributed by atoms with Gasteiger partial charge in [0.2, 0.25) is 0 Å². The Morgan fingerprint density at radius 2 is 1.76 bits per heavy atom. The highest BCUT2D eigenvalue weighted by Gasteiger charge is 2.19. The summed E-state index contributed by atoms with van der Waals surface area (Å²) in [5.74, 6) is -2.05. The van der Waals surface area contributed by atoms with Crippen LogP contribution >= 0.6 is 0 Å². The van der Waals surface area contributed by atoms with Crippen molar-refractivity contribution < 1.29 is 23.0 Å². The zero-order chi connectivity index (χ0) is 18.6. The van der Waals surface area contributed by atoms with Gasteiger partial charge in [-0.05, 0) is 51.1 Å². The number of rotatable bonds is 4. The highest BCUT2D eigenvalue weighted by atomic mass is 19.1. The van der Waals surface area contributed by atoms with Crippen molar-refractivity contribution in [3.05, 3.63) is 53.6 Å². The number of anilines is 1. The van der Waals surface area contributed by atoms with Gasteiger partial charge in [-0.1, -0.05) is 6.07 Å². The summed E-state index contributed by atoms with van der Waals surface area (Å²) in [5, 5.41) is 2.42. The number of hydrogen-bond donors (Lipinski definition) is 2. The molecule has 0 bridgehead atoms. The number of hydrogen-bond acceptors (Lipinski definition) is 4. The molecule has 7 heteroatoms. The van der Waals surface area contributed by atoms with E-state index in [1.807, 2.05) is 0 Å². The summed E-state index contributed by atoms with van der Waals surface area (Å²) in [5.41, 5.74) is 5.46. The van der Waals surface area contributed by atoms with Crippen LogP contribution in [0.1, 0.15) is 26.3 Å². The first-order valence-corrected chi connectivity index (χ1v) is 7.63. The molecule has 5 nitrogen and oxygen atoms in total. The van der Waals surface area contributed by atoms with Gasteiger partial charge in [-0.15, -0.1) is 0 Å². The second-order valence-electron chi connectivity index (χ2n) is 6.38. The number of amides is 1. The number of nitrogen functional groups attached to an aromatic ring is 1. The maximum absolute atomic E-state index is 14.5. The van der Waals surface area contributed by atoms with E-state index in [9.17, 15) is 13.6 Å². The molecule has 0 aromatic heterocycles. The highest BCUT2D eigenvalue weighted by Crippen LogP contribution is 2.30. The van der Waals surface area contributed by atoms with Crippen LogP contribution in [0.3, 0.4) is 0 Å². The Hall–Kier alpha value is -2.83. The summed E-state index contributed by atoms with van der Waals surface area (Å²) >= 11 is 0. The minimum atomic E-state index is -0.895. The summed E-state index contributed by atoms with van der Waals surface area (Å²) in [6, 6.07) is 8.41. The Labute approximate surface area is 144 Å². The van der Waals surface area contributed by atoms with Crippen LogP contribution in [0.5, 0.6) is 11.5 Å². The molecule has 0 fully saturated rings. The quantitative estimate of drug-likeness (QED) is 0.804. The van der Waals surface area contributed by atoms with E-state index < -0.39 is 29.1 Å². The average Bonchev–Trinajstić information content (AvgIpc) is 2.51. The summed E-state index contributed by atoms with van der Waals surface area (Å²) in [4.78, 5) is 11.6. The molecule has 2 aromatic rings. The van der Waals surface area contributed by atoms with Crippen LogP contribution in [-0.2, 0) is 11.3 Å². The minimum Gasteiger partial charge on any atom is -0.451 e. The fourth-order valence-corrected chi connectivity index (χ4v) is 1.94. The Morgan fingerprint density at radius 3 is 2.36 bits per heavy atom. The number of alkyl carbamates (subject to hydrolysis) is 1. The van der Waals surface area contributed by atoms with E-state index >= 15 is 0 Å². The van der Waals surface area contributed by atoms with E-state index in [4.69, 9.17) is 15.2 Å². The molecule has 2 aromatic carbocycles. The lowest BCUT2D eigenvalue weighted by Crippen LogP contribution is -2.32. The number of nitrogens with two attached hydrogens (primary N) is 1. The monoisotopic (exact) mass is 350 g/mol. The molecule has 0 atom stereocenters. The molecule has 3 N–H and O–H groups in total. The van der Waals surface area contributed by atoms with Crippen LogP contribution in [0.15, 0.2) is 36.4 Å². The van der Waals surface area contributed by atoms with Crippen molar-refractivity contribution in [2.45, 2.75) is 32.9 Å². The van der Waals surface area contributed by atoms with Crippen molar-refractivity contribution in [3.63, 3.8) is 0 Å². The summed E-state index contributed by atoms with van der Waals surface area (Å²) in [6.07, 6.45) is -0.697. The number of ether oxygens (including phenoxy) is 2. The molecular formula is C18H20F2N2O3. The molecule has 25 heavy (non-hydrogen) atoms. The molecule has 0 radical (unpaired) electrons. The fourth-order valence-electron chi connectivity index (χ4n) is 1.94. The van der Waals surface area contributed by atoms with Crippen molar-refractivity contribution >= 4 is 11.8 Å². The average molecular weight is 350 g/mol. The lowest BCUT2D eigenvalue weighted by Gasteiger charge is -2.20. The van der Waals surface area contributed by atoms with Crippen molar-refractivity contribution in [1.29, 1.82) is 0 Å². The first-order chi connectivity index (χ1) is 11.7. The zero-order valence-electron chi connectivity index (χ0n) is 14.2. The third-order valence-electron chi connectivity index (χ3n) is 3.05. The first-order valence-electron chi connectivity index (χ1n) is 7.63. The minimum absolute atomic E-state index is 0.0673. The van der Waals surface area contributed by atoms with E-state index in [0.717, 1.165) is 6.07 Å². The molecule has 2 rings (SSSR count). The molecule has 0 aliphatic carbocycles. The predicted octanol–water partition coefficient (Wildman–Crippen LogP) is 4.36. The van der Waals surface area contributed by atoms with Crippen molar-refractivity contribution in [2.75, 3.05) is 5.73 Å². The normalized spacial score (nSPS) is 11.1. The van der Waals surface area contributed by atoms with Crippen LogP contribution in [0.4, 0.5) is 19.3 Å². The summed E-state index contributed by atoms with van der Waals surface area (Å²) in [7, 11) is 0. The number of nitrogens with one attached hydrogen (secondary N) is 1. The van der Waals surface area contributed by atoms with Gasteiger partial charge in [-0.2, -0.15) is 0 Å². The maximum Gasteiger partial charge on any atom is 0.407 e. The second-order valence-corrected chi connectivity index (χ2v) is 6.38. The SMILES string of the molecule is CC(C)(C)OC(=O)NCc1ccc(F)c(Oc2ccc(N)cc2)c1F. The fraction of sp³-hybridized carbons (Fsp3) is 0.278. The second kappa shape index (κ2) is 7.38. The lowest BCUT2D eigenvalue weighted by atomic mass is 10.2. The molecule has 0 saturated heterocycles. The topological polar surface area (TPSA) is 73.6 Å². The standard InChI is InChI=1S/C18H20F2N2O3/c1-18(2,3)25-17(23)22-10-11-4-9-14(19)16(15(11)20)24-13-7-5-12(21)6-8-13/h4-9H,10,21H2,1-3H3,(H,22,23).